The van der Waals surface area contributed by atoms with Gasteiger partial charge >= 0.3 is 5.97 Å². The largest absolute Gasteiger partial charge is 0.507 e. The number of phenolic OH excluding ortho intramolecular Hbond substituents is 1. The average molecular weight is 330 g/mol. The van der Waals surface area contributed by atoms with Crippen molar-refractivity contribution >= 4 is 5.97 Å². The predicted molar refractivity (Wildman–Crippen MR) is 90.1 cm³/mol. The predicted octanol–water partition coefficient (Wildman–Crippen LogP) is 4.07. The van der Waals surface area contributed by atoms with Gasteiger partial charge in [0.05, 0.1) is 11.2 Å². The lowest BCUT2D eigenvalue weighted by Crippen LogP contribution is -2.24. The maximum atomic E-state index is 12.3. The molecule has 5 nitrogen and oxygen atoms in total. The van der Waals surface area contributed by atoms with Crippen molar-refractivity contribution in [1.82, 2.24) is 0 Å². The molecule has 5 heteroatoms. The first-order chi connectivity index (χ1) is 11.3. The summed E-state index contributed by atoms with van der Waals surface area (Å²) in [4.78, 5) is 12.3. The molecule has 0 aliphatic heterocycles. The second-order valence-corrected chi connectivity index (χ2v) is 6.24. The summed E-state index contributed by atoms with van der Waals surface area (Å²) < 4.78 is 16.7. The first-order valence-corrected chi connectivity index (χ1v) is 7.61. The van der Waals surface area contributed by atoms with Crippen molar-refractivity contribution in [3.05, 3.63) is 59.7 Å². The lowest BCUT2D eigenvalue weighted by Gasteiger charge is -2.27. The zero-order valence-electron chi connectivity index (χ0n) is 14.3. The van der Waals surface area contributed by atoms with Gasteiger partial charge in [-0.15, -0.1) is 0 Å². The topological polar surface area (TPSA) is 65.0 Å². The Kier molecular flexibility index (Phi) is 5.59. The van der Waals surface area contributed by atoms with E-state index in [1.807, 2.05) is 26.8 Å². The fourth-order valence-corrected chi connectivity index (χ4v) is 2.13. The van der Waals surface area contributed by atoms with Gasteiger partial charge in [-0.2, -0.15) is 0 Å². The highest BCUT2D eigenvalue weighted by molar-refractivity contribution is 5.93. The van der Waals surface area contributed by atoms with E-state index in [1.54, 1.807) is 30.3 Å². The summed E-state index contributed by atoms with van der Waals surface area (Å²) in [7, 11) is 1.53. The normalized spacial score (nSPS) is 12.7. The summed E-state index contributed by atoms with van der Waals surface area (Å²) in [5.41, 5.74) is 0.256. The lowest BCUT2D eigenvalue weighted by atomic mass is 10.1. The van der Waals surface area contributed by atoms with E-state index in [2.05, 4.69) is 0 Å². The Labute approximate surface area is 141 Å². The third kappa shape index (κ3) is 4.57. The number of carbonyl (C=O) groups excluding carboxylic acids is 1. The Morgan fingerprint density at radius 2 is 1.67 bits per heavy atom. The molecule has 0 saturated heterocycles. The second kappa shape index (κ2) is 7.47. The molecule has 0 amide bonds. The van der Waals surface area contributed by atoms with E-state index in [1.165, 1.54) is 19.2 Å². The van der Waals surface area contributed by atoms with Gasteiger partial charge in [0.2, 0.25) is 0 Å². The molecule has 24 heavy (non-hydrogen) atoms. The Morgan fingerprint density at radius 1 is 1.04 bits per heavy atom. The van der Waals surface area contributed by atoms with Crippen LogP contribution in [0.2, 0.25) is 0 Å². The van der Waals surface area contributed by atoms with E-state index >= 15 is 0 Å². The molecule has 0 spiro atoms. The minimum Gasteiger partial charge on any atom is -0.507 e. The van der Waals surface area contributed by atoms with Gasteiger partial charge < -0.3 is 19.3 Å². The van der Waals surface area contributed by atoms with Crippen molar-refractivity contribution in [3.63, 3.8) is 0 Å². The van der Waals surface area contributed by atoms with Gasteiger partial charge in [0, 0.05) is 7.11 Å². The van der Waals surface area contributed by atoms with E-state index in [0.29, 0.717) is 11.3 Å². The van der Waals surface area contributed by atoms with Crippen molar-refractivity contribution in [3.8, 4) is 11.5 Å². The summed E-state index contributed by atoms with van der Waals surface area (Å²) in [6, 6.07) is 13.2. The number of phenols is 1. The van der Waals surface area contributed by atoms with Crippen molar-refractivity contribution in [2.75, 3.05) is 7.11 Å². The third-order valence-corrected chi connectivity index (χ3v) is 3.17. The molecule has 0 aliphatic rings. The summed E-state index contributed by atoms with van der Waals surface area (Å²) in [6.07, 6.45) is -0.682. The molecule has 2 aromatic rings. The van der Waals surface area contributed by atoms with Gasteiger partial charge in [0.15, 0.2) is 6.29 Å². The number of rotatable bonds is 5. The van der Waals surface area contributed by atoms with Crippen molar-refractivity contribution < 1.29 is 24.1 Å². The second-order valence-electron chi connectivity index (χ2n) is 6.24. The monoisotopic (exact) mass is 330 g/mol. The van der Waals surface area contributed by atoms with E-state index in [9.17, 15) is 9.90 Å². The Balaban J connectivity index is 2.28. The van der Waals surface area contributed by atoms with Crippen molar-refractivity contribution in [1.29, 1.82) is 0 Å². The van der Waals surface area contributed by atoms with Crippen LogP contribution in [-0.2, 0) is 9.47 Å². The highest BCUT2D eigenvalue weighted by atomic mass is 16.7. The molecule has 0 aliphatic carbocycles. The number of benzene rings is 2. The number of hydrogen-bond donors (Lipinski definition) is 1. The van der Waals surface area contributed by atoms with Gasteiger partial charge in [-0.3, -0.25) is 0 Å². The minimum absolute atomic E-state index is 0.0954. The van der Waals surface area contributed by atoms with Gasteiger partial charge in [-0.25, -0.2) is 4.79 Å². The van der Waals surface area contributed by atoms with Crippen LogP contribution in [0.15, 0.2) is 48.5 Å². The van der Waals surface area contributed by atoms with Crippen LogP contribution in [0.5, 0.6) is 11.5 Å². The van der Waals surface area contributed by atoms with Crippen molar-refractivity contribution in [2.45, 2.75) is 32.7 Å². The number of carbonyl (C=O) groups is 1. The molecule has 1 unspecified atom stereocenters. The Bertz CT molecular complexity index is 703. The van der Waals surface area contributed by atoms with Gasteiger partial charge in [0.1, 0.15) is 17.1 Å². The third-order valence-electron chi connectivity index (χ3n) is 3.17. The zero-order chi connectivity index (χ0) is 17.7. The summed E-state index contributed by atoms with van der Waals surface area (Å²) in [5, 5.41) is 9.79. The Hall–Kier alpha value is -2.37. The van der Waals surface area contributed by atoms with E-state index in [0.717, 1.165) is 0 Å². The highest BCUT2D eigenvalue weighted by Crippen LogP contribution is 2.32. The van der Waals surface area contributed by atoms with Crippen LogP contribution < -0.4 is 4.74 Å². The Morgan fingerprint density at radius 3 is 2.29 bits per heavy atom. The van der Waals surface area contributed by atoms with Crippen LogP contribution in [0.25, 0.3) is 0 Å². The minimum atomic E-state index is -0.682. The van der Waals surface area contributed by atoms with Crippen LogP contribution in [0.4, 0.5) is 0 Å². The average Bonchev–Trinajstić information content (AvgIpc) is 2.53. The molecule has 128 valence electrons. The summed E-state index contributed by atoms with van der Waals surface area (Å²) in [5.74, 6) is -0.456. The fraction of sp³-hybridized carbons (Fsp3) is 0.316. The SMILES string of the molecule is COC(OC(C)(C)C)c1ccccc1OC(=O)c1ccccc1O. The number of esters is 1. The maximum absolute atomic E-state index is 12.3. The molecule has 0 heterocycles. The van der Waals surface area contributed by atoms with Gasteiger partial charge in [0.25, 0.3) is 0 Å². The van der Waals surface area contributed by atoms with Crippen LogP contribution in [-0.4, -0.2) is 23.8 Å². The van der Waals surface area contributed by atoms with Crippen LogP contribution in [0.3, 0.4) is 0 Å². The molecule has 0 fully saturated rings. The number of ether oxygens (including phenoxy) is 3. The smallest absolute Gasteiger partial charge is 0.347 e. The van der Waals surface area contributed by atoms with Crippen LogP contribution in [0, 0.1) is 0 Å². The molecule has 1 N–H and O–H groups in total. The standard InChI is InChI=1S/C19H22O5/c1-19(2,3)24-18(22-4)14-10-6-8-12-16(14)23-17(21)13-9-5-7-11-15(13)20/h5-12,18,20H,1-4H3. The van der Waals surface area contributed by atoms with Gasteiger partial charge in [-0.05, 0) is 39.0 Å². The summed E-state index contributed by atoms with van der Waals surface area (Å²) in [6.45, 7) is 5.74. The molecule has 0 saturated carbocycles. The molecule has 1 atom stereocenters. The molecule has 0 bridgehead atoms. The maximum Gasteiger partial charge on any atom is 0.347 e. The zero-order valence-corrected chi connectivity index (χ0v) is 14.3. The first kappa shape index (κ1) is 18.0. The quantitative estimate of drug-likeness (QED) is 0.508. The molecule has 2 rings (SSSR count). The van der Waals surface area contributed by atoms with Crippen LogP contribution in [0.1, 0.15) is 43.0 Å². The van der Waals surface area contributed by atoms with Gasteiger partial charge in [-0.1, -0.05) is 30.3 Å². The van der Waals surface area contributed by atoms with E-state index < -0.39 is 17.9 Å². The number of para-hydroxylation sites is 2. The highest BCUT2D eigenvalue weighted by Gasteiger charge is 2.24. The molecule has 2 aromatic carbocycles. The molecule has 0 radical (unpaired) electrons. The molecular formula is C19H22O5. The number of hydrogen-bond acceptors (Lipinski definition) is 5. The van der Waals surface area contributed by atoms with Crippen LogP contribution >= 0.6 is 0 Å². The number of aromatic hydroxyl groups is 1. The lowest BCUT2D eigenvalue weighted by molar-refractivity contribution is -0.187. The summed E-state index contributed by atoms with van der Waals surface area (Å²) >= 11 is 0. The van der Waals surface area contributed by atoms with E-state index in [4.69, 9.17) is 14.2 Å². The number of methoxy groups -OCH3 is 1. The van der Waals surface area contributed by atoms with Crippen molar-refractivity contribution in [2.24, 2.45) is 0 Å². The molecule has 0 aromatic heterocycles. The first-order valence-electron chi connectivity index (χ1n) is 7.61. The molecular weight excluding hydrogens is 308 g/mol. The fourth-order valence-electron chi connectivity index (χ4n) is 2.13. The van der Waals surface area contributed by atoms with E-state index in [-0.39, 0.29) is 11.3 Å².